The first-order valence-electron chi connectivity index (χ1n) is 13.3. The Kier molecular flexibility index (Phi) is 8.58. The molecule has 0 saturated heterocycles. The van der Waals surface area contributed by atoms with Gasteiger partial charge in [-0.3, -0.25) is 9.63 Å². The Labute approximate surface area is 223 Å². The van der Waals surface area contributed by atoms with Gasteiger partial charge in [0.1, 0.15) is 18.8 Å². The van der Waals surface area contributed by atoms with Gasteiger partial charge in [0.05, 0.1) is 26.4 Å². The summed E-state index contributed by atoms with van der Waals surface area (Å²) in [6.45, 7) is 0.930. The minimum absolute atomic E-state index is 0.206. The van der Waals surface area contributed by atoms with E-state index in [1.807, 2.05) is 72.8 Å². The first kappa shape index (κ1) is 26.2. The highest BCUT2D eigenvalue weighted by Crippen LogP contribution is 2.39. The second-order valence-corrected chi connectivity index (χ2v) is 9.88. The van der Waals surface area contributed by atoms with Gasteiger partial charge in [-0.2, -0.15) is 5.06 Å². The molecule has 0 radical (unpaired) electrons. The molecule has 0 spiro atoms. The van der Waals surface area contributed by atoms with E-state index in [2.05, 4.69) is 0 Å². The van der Waals surface area contributed by atoms with E-state index in [0.717, 1.165) is 35.1 Å². The first-order chi connectivity index (χ1) is 18.6. The number of carboxylic acids is 1. The Bertz CT molecular complexity index is 1200. The van der Waals surface area contributed by atoms with Crippen LogP contribution in [-0.2, 0) is 33.9 Å². The fourth-order valence-electron chi connectivity index (χ4n) is 5.29. The third-order valence-corrected chi connectivity index (χ3v) is 7.35. The maximum absolute atomic E-state index is 12.4. The highest BCUT2D eigenvalue weighted by molar-refractivity contribution is 5.75. The Morgan fingerprint density at radius 3 is 2.39 bits per heavy atom. The van der Waals surface area contributed by atoms with Crippen LogP contribution in [0.5, 0.6) is 11.5 Å². The van der Waals surface area contributed by atoms with Crippen LogP contribution >= 0.6 is 0 Å². The van der Waals surface area contributed by atoms with Gasteiger partial charge in [-0.25, -0.2) is 0 Å². The number of hydrogen-bond acceptors (Lipinski definition) is 6. The van der Waals surface area contributed by atoms with Crippen LogP contribution in [0, 0.1) is 0 Å². The van der Waals surface area contributed by atoms with E-state index < -0.39 is 12.0 Å². The molecule has 1 aliphatic heterocycles. The predicted octanol–water partition coefficient (Wildman–Crippen LogP) is 5.72. The molecule has 1 N–H and O–H groups in total. The molecule has 3 aromatic rings. The first-order valence-corrected chi connectivity index (χ1v) is 13.3. The number of carboxylic acid groups (broad SMARTS) is 1. The molecule has 7 heteroatoms. The monoisotopic (exact) mass is 517 g/mol. The third kappa shape index (κ3) is 6.18. The molecule has 1 saturated carbocycles. The lowest BCUT2D eigenvalue weighted by atomic mass is 9.94. The Morgan fingerprint density at radius 1 is 1.00 bits per heavy atom. The summed E-state index contributed by atoms with van der Waals surface area (Å²) in [7, 11) is 1.60. The maximum Gasteiger partial charge on any atom is 0.323 e. The highest BCUT2D eigenvalue weighted by atomic mass is 16.7. The molecule has 0 aromatic heterocycles. The van der Waals surface area contributed by atoms with Gasteiger partial charge in [0, 0.05) is 12.0 Å². The topological polar surface area (TPSA) is 77.5 Å². The summed E-state index contributed by atoms with van der Waals surface area (Å²) in [4.78, 5) is 18.6. The van der Waals surface area contributed by atoms with Crippen LogP contribution in [0.15, 0.2) is 72.8 Å². The van der Waals surface area contributed by atoms with Gasteiger partial charge >= 0.3 is 5.97 Å². The molecule has 200 valence electrons. The number of nitrogens with zero attached hydrogens (tertiary/aromatic N) is 1. The molecule has 1 heterocycles. The van der Waals surface area contributed by atoms with Gasteiger partial charge in [0.25, 0.3) is 0 Å². The number of benzene rings is 3. The molecule has 7 nitrogen and oxygen atoms in total. The van der Waals surface area contributed by atoms with E-state index in [1.165, 1.54) is 12.8 Å². The standard InChI is InChI=1S/C31H35NO6/c1-35-28-17-16-24-19-32(37-21-29(23-12-6-3-7-13-23)38-25-14-8-9-15-25)27(31(33)34)18-26(24)30(28)36-20-22-10-4-2-5-11-22/h2-7,10-13,16-17,25,27,29H,8-9,14-15,18-21H2,1H3,(H,33,34)/t27?,29-/m1/s1. The number of carbonyl (C=O) groups is 1. The molecule has 2 aliphatic rings. The summed E-state index contributed by atoms with van der Waals surface area (Å²) in [5.41, 5.74) is 3.86. The van der Waals surface area contributed by atoms with Gasteiger partial charge in [-0.05, 0) is 35.6 Å². The maximum atomic E-state index is 12.4. The van der Waals surface area contributed by atoms with Crippen molar-refractivity contribution in [3.8, 4) is 11.5 Å². The molecular formula is C31H35NO6. The number of rotatable bonds is 11. The summed E-state index contributed by atoms with van der Waals surface area (Å²) in [6, 6.07) is 22.9. The van der Waals surface area contributed by atoms with Crippen molar-refractivity contribution in [1.29, 1.82) is 0 Å². The van der Waals surface area contributed by atoms with Crippen molar-refractivity contribution in [3.05, 3.63) is 95.1 Å². The van der Waals surface area contributed by atoms with Crippen LogP contribution in [-0.4, -0.2) is 42.0 Å². The summed E-state index contributed by atoms with van der Waals surface area (Å²) < 4.78 is 18.2. The Morgan fingerprint density at radius 2 is 1.71 bits per heavy atom. The summed E-state index contributed by atoms with van der Waals surface area (Å²) in [5, 5.41) is 11.7. The molecule has 38 heavy (non-hydrogen) atoms. The van der Waals surface area contributed by atoms with E-state index in [-0.39, 0.29) is 25.2 Å². The van der Waals surface area contributed by atoms with Crippen molar-refractivity contribution in [2.24, 2.45) is 0 Å². The lowest BCUT2D eigenvalue weighted by Gasteiger charge is -2.35. The largest absolute Gasteiger partial charge is 0.493 e. The average molecular weight is 518 g/mol. The van der Waals surface area contributed by atoms with Crippen molar-refractivity contribution >= 4 is 5.97 Å². The predicted molar refractivity (Wildman–Crippen MR) is 143 cm³/mol. The molecule has 0 bridgehead atoms. The van der Waals surface area contributed by atoms with Crippen LogP contribution in [0.2, 0.25) is 0 Å². The number of ether oxygens (including phenoxy) is 3. The molecule has 1 fully saturated rings. The normalized spacial score (nSPS) is 18.6. The third-order valence-electron chi connectivity index (χ3n) is 7.35. The van der Waals surface area contributed by atoms with E-state index in [9.17, 15) is 9.90 Å². The molecule has 2 atom stereocenters. The number of aliphatic carboxylic acids is 1. The fraction of sp³-hybridized carbons (Fsp3) is 0.387. The van der Waals surface area contributed by atoms with Crippen LogP contribution in [0.3, 0.4) is 0 Å². The van der Waals surface area contributed by atoms with Crippen LogP contribution < -0.4 is 9.47 Å². The zero-order chi connectivity index (χ0) is 26.3. The molecule has 1 aliphatic carbocycles. The van der Waals surface area contributed by atoms with Crippen molar-refractivity contribution in [2.75, 3.05) is 13.7 Å². The van der Waals surface area contributed by atoms with Gasteiger partial charge in [0.15, 0.2) is 11.5 Å². The van der Waals surface area contributed by atoms with E-state index in [4.69, 9.17) is 19.0 Å². The van der Waals surface area contributed by atoms with Gasteiger partial charge in [0.2, 0.25) is 0 Å². The van der Waals surface area contributed by atoms with E-state index >= 15 is 0 Å². The number of fused-ring (bicyclic) bond motifs is 1. The minimum Gasteiger partial charge on any atom is -0.493 e. The Hall–Kier alpha value is -3.39. The van der Waals surface area contributed by atoms with Crippen molar-refractivity contribution < 1.29 is 28.9 Å². The van der Waals surface area contributed by atoms with Gasteiger partial charge < -0.3 is 19.3 Å². The van der Waals surface area contributed by atoms with Crippen LogP contribution in [0.4, 0.5) is 0 Å². The van der Waals surface area contributed by atoms with E-state index in [1.54, 1.807) is 12.2 Å². The molecule has 5 rings (SSSR count). The lowest BCUT2D eigenvalue weighted by Crippen LogP contribution is -2.46. The summed E-state index contributed by atoms with van der Waals surface area (Å²) in [5.74, 6) is 0.235. The van der Waals surface area contributed by atoms with E-state index in [0.29, 0.717) is 24.7 Å². The molecule has 0 amide bonds. The zero-order valence-corrected chi connectivity index (χ0v) is 21.8. The highest BCUT2D eigenvalue weighted by Gasteiger charge is 2.36. The quantitative estimate of drug-likeness (QED) is 0.349. The fourth-order valence-corrected chi connectivity index (χ4v) is 5.29. The zero-order valence-electron chi connectivity index (χ0n) is 21.8. The second kappa shape index (κ2) is 12.4. The molecular weight excluding hydrogens is 482 g/mol. The summed E-state index contributed by atoms with van der Waals surface area (Å²) >= 11 is 0. The van der Waals surface area contributed by atoms with Crippen molar-refractivity contribution in [3.63, 3.8) is 0 Å². The van der Waals surface area contributed by atoms with Crippen LogP contribution in [0.25, 0.3) is 0 Å². The minimum atomic E-state index is -0.944. The summed E-state index contributed by atoms with van der Waals surface area (Å²) in [6.07, 6.45) is 4.63. The number of hydrogen-bond donors (Lipinski definition) is 1. The smallest absolute Gasteiger partial charge is 0.323 e. The van der Waals surface area contributed by atoms with Crippen molar-refractivity contribution in [2.45, 2.75) is 63.5 Å². The second-order valence-electron chi connectivity index (χ2n) is 9.88. The van der Waals surface area contributed by atoms with Gasteiger partial charge in [-0.15, -0.1) is 0 Å². The van der Waals surface area contributed by atoms with Crippen molar-refractivity contribution in [1.82, 2.24) is 5.06 Å². The Balaban J connectivity index is 1.35. The average Bonchev–Trinajstić information content (AvgIpc) is 3.47. The lowest BCUT2D eigenvalue weighted by molar-refractivity contribution is -0.227. The number of hydroxylamine groups is 2. The number of methoxy groups -OCH3 is 1. The molecule has 3 aromatic carbocycles. The molecule has 1 unspecified atom stereocenters. The van der Waals surface area contributed by atoms with Gasteiger partial charge in [-0.1, -0.05) is 79.6 Å². The van der Waals surface area contributed by atoms with Crippen LogP contribution in [0.1, 0.15) is 54.0 Å². The SMILES string of the molecule is COc1ccc2c(c1OCc1ccccc1)CC(C(=O)O)N(OC[C@@H](OC1CCCC1)c1ccccc1)C2.